The van der Waals surface area contributed by atoms with E-state index in [0.717, 1.165) is 5.56 Å². The van der Waals surface area contributed by atoms with Gasteiger partial charge in [0, 0.05) is 12.1 Å². The molecule has 0 unspecified atom stereocenters. The maximum Gasteiger partial charge on any atom is 0.250 e. The van der Waals surface area contributed by atoms with E-state index < -0.39 is 0 Å². The van der Waals surface area contributed by atoms with Crippen LogP contribution in [0.3, 0.4) is 0 Å². The molecule has 5 nitrogen and oxygen atoms in total. The summed E-state index contributed by atoms with van der Waals surface area (Å²) in [5, 5.41) is 15.1. The first-order valence-electron chi connectivity index (χ1n) is 6.80. The number of methoxy groups -OCH3 is 1. The second kappa shape index (κ2) is 7.95. The average Bonchev–Trinajstić information content (AvgIpc) is 2.56. The normalized spacial score (nSPS) is 10.3. The van der Waals surface area contributed by atoms with Gasteiger partial charge in [-0.05, 0) is 36.0 Å². The molecule has 6 heteroatoms. The second-order valence-corrected chi connectivity index (χ2v) is 4.98. The van der Waals surface area contributed by atoms with Crippen molar-refractivity contribution in [3.8, 4) is 11.5 Å². The zero-order chi connectivity index (χ0) is 16.7. The first-order chi connectivity index (χ1) is 11.1. The Morgan fingerprint density at radius 2 is 1.96 bits per heavy atom. The molecule has 2 aromatic rings. The Morgan fingerprint density at radius 3 is 2.65 bits per heavy atom. The van der Waals surface area contributed by atoms with Crippen LogP contribution < -0.4 is 15.4 Å². The molecule has 0 atom stereocenters. The van der Waals surface area contributed by atoms with E-state index in [1.807, 2.05) is 30.3 Å². The van der Waals surface area contributed by atoms with Gasteiger partial charge >= 0.3 is 0 Å². The van der Waals surface area contributed by atoms with Gasteiger partial charge in [0.05, 0.1) is 12.8 Å². The van der Waals surface area contributed by atoms with Crippen LogP contribution >= 0.6 is 12.2 Å². The summed E-state index contributed by atoms with van der Waals surface area (Å²) in [4.78, 5) is 11.8. The van der Waals surface area contributed by atoms with Crippen LogP contribution in [-0.2, 0) is 4.79 Å². The highest BCUT2D eigenvalue weighted by molar-refractivity contribution is 7.80. The van der Waals surface area contributed by atoms with E-state index in [4.69, 9.17) is 17.0 Å². The zero-order valence-corrected chi connectivity index (χ0v) is 13.3. The van der Waals surface area contributed by atoms with Crippen molar-refractivity contribution in [2.45, 2.75) is 0 Å². The van der Waals surface area contributed by atoms with Gasteiger partial charge in [0.2, 0.25) is 5.91 Å². The van der Waals surface area contributed by atoms with Crippen molar-refractivity contribution in [1.29, 1.82) is 0 Å². The number of hydrogen-bond donors (Lipinski definition) is 3. The number of nitrogens with one attached hydrogen (secondary N) is 2. The molecule has 0 spiro atoms. The molecular formula is C17H16N2O3S. The lowest BCUT2D eigenvalue weighted by molar-refractivity contribution is -0.115. The summed E-state index contributed by atoms with van der Waals surface area (Å²) < 4.78 is 5.07. The Hall–Kier alpha value is -2.86. The number of carbonyl (C=O) groups is 1. The number of amides is 1. The molecule has 0 aliphatic carbocycles. The molecule has 0 saturated heterocycles. The van der Waals surface area contributed by atoms with Gasteiger partial charge in [0.15, 0.2) is 5.11 Å². The van der Waals surface area contributed by atoms with Crippen LogP contribution in [0.2, 0.25) is 0 Å². The molecule has 118 valence electrons. The van der Waals surface area contributed by atoms with E-state index >= 15 is 0 Å². The number of carbonyl (C=O) groups excluding carboxylic acids is 1. The quantitative estimate of drug-likeness (QED) is 0.457. The third-order valence-corrected chi connectivity index (χ3v) is 3.12. The van der Waals surface area contributed by atoms with E-state index in [-0.39, 0.29) is 16.8 Å². The number of phenolic OH excluding ortho intramolecular Hbond substituents is 1. The Balaban J connectivity index is 1.94. The number of anilines is 1. The molecule has 0 aliphatic rings. The third-order valence-electron chi connectivity index (χ3n) is 2.92. The highest BCUT2D eigenvalue weighted by atomic mass is 32.1. The van der Waals surface area contributed by atoms with Crippen molar-refractivity contribution >= 4 is 35.0 Å². The fraction of sp³-hybridized carbons (Fsp3) is 0.0588. The molecule has 2 aromatic carbocycles. The first kappa shape index (κ1) is 16.5. The predicted octanol–water partition coefficient (Wildman–Crippen LogP) is 2.93. The number of benzene rings is 2. The second-order valence-electron chi connectivity index (χ2n) is 4.57. The summed E-state index contributed by atoms with van der Waals surface area (Å²) >= 11 is 5.05. The molecule has 0 aliphatic heterocycles. The van der Waals surface area contributed by atoms with E-state index in [2.05, 4.69) is 10.6 Å². The zero-order valence-electron chi connectivity index (χ0n) is 12.4. The van der Waals surface area contributed by atoms with Crippen LogP contribution in [0.4, 0.5) is 5.69 Å². The summed E-state index contributed by atoms with van der Waals surface area (Å²) in [5.74, 6) is 0.194. The Bertz CT molecular complexity index is 730. The minimum atomic E-state index is -0.367. The SMILES string of the molecule is COc1ccc(O)c(NC(=S)NC(=O)/C=C/c2ccccc2)c1. The highest BCUT2D eigenvalue weighted by Gasteiger charge is 2.07. The van der Waals surface area contributed by atoms with Crippen LogP contribution in [0.25, 0.3) is 6.08 Å². The van der Waals surface area contributed by atoms with Gasteiger partial charge in [0.25, 0.3) is 0 Å². The van der Waals surface area contributed by atoms with Gasteiger partial charge in [-0.3, -0.25) is 10.1 Å². The fourth-order valence-electron chi connectivity index (χ4n) is 1.79. The fourth-order valence-corrected chi connectivity index (χ4v) is 2.00. The summed E-state index contributed by atoms with van der Waals surface area (Å²) in [5.41, 5.74) is 1.26. The first-order valence-corrected chi connectivity index (χ1v) is 7.21. The molecule has 2 rings (SSSR count). The molecule has 23 heavy (non-hydrogen) atoms. The molecule has 3 N–H and O–H groups in total. The van der Waals surface area contributed by atoms with Crippen molar-refractivity contribution < 1.29 is 14.6 Å². The van der Waals surface area contributed by atoms with Gasteiger partial charge in [-0.25, -0.2) is 0 Å². The number of hydrogen-bond acceptors (Lipinski definition) is 4. The van der Waals surface area contributed by atoms with Crippen LogP contribution in [-0.4, -0.2) is 23.2 Å². The molecule has 0 aromatic heterocycles. The van der Waals surface area contributed by atoms with E-state index in [1.54, 1.807) is 18.2 Å². The largest absolute Gasteiger partial charge is 0.506 e. The monoisotopic (exact) mass is 328 g/mol. The van der Waals surface area contributed by atoms with Crippen molar-refractivity contribution in [3.63, 3.8) is 0 Å². The standard InChI is InChI=1S/C17H16N2O3S/c1-22-13-8-9-15(20)14(11-13)18-17(23)19-16(21)10-7-12-5-3-2-4-6-12/h2-11,20H,1H3,(H2,18,19,21,23)/b10-7+. The molecule has 1 amide bonds. The summed E-state index contributed by atoms with van der Waals surface area (Å²) in [6.07, 6.45) is 3.07. The lowest BCUT2D eigenvalue weighted by Gasteiger charge is -2.11. The van der Waals surface area contributed by atoms with Crippen LogP contribution in [0.1, 0.15) is 5.56 Å². The molecule has 0 radical (unpaired) electrons. The number of phenols is 1. The summed E-state index contributed by atoms with van der Waals surface area (Å²) in [7, 11) is 1.52. The number of aromatic hydroxyl groups is 1. The topological polar surface area (TPSA) is 70.6 Å². The van der Waals surface area contributed by atoms with Gasteiger partial charge in [-0.2, -0.15) is 0 Å². The maximum absolute atomic E-state index is 11.8. The van der Waals surface area contributed by atoms with Crippen LogP contribution in [0, 0.1) is 0 Å². The van der Waals surface area contributed by atoms with E-state index in [0.29, 0.717) is 11.4 Å². The highest BCUT2D eigenvalue weighted by Crippen LogP contribution is 2.27. The van der Waals surface area contributed by atoms with Crippen molar-refractivity contribution in [2.75, 3.05) is 12.4 Å². The minimum Gasteiger partial charge on any atom is -0.506 e. The van der Waals surface area contributed by atoms with Gasteiger partial charge in [-0.15, -0.1) is 0 Å². The van der Waals surface area contributed by atoms with Gasteiger partial charge in [-0.1, -0.05) is 30.3 Å². The van der Waals surface area contributed by atoms with Gasteiger partial charge in [0.1, 0.15) is 11.5 Å². The van der Waals surface area contributed by atoms with Crippen LogP contribution in [0.15, 0.2) is 54.6 Å². The Morgan fingerprint density at radius 1 is 1.22 bits per heavy atom. The van der Waals surface area contributed by atoms with Crippen molar-refractivity contribution in [2.24, 2.45) is 0 Å². The smallest absolute Gasteiger partial charge is 0.250 e. The molecule has 0 saturated carbocycles. The number of rotatable bonds is 4. The lowest BCUT2D eigenvalue weighted by Crippen LogP contribution is -2.32. The van der Waals surface area contributed by atoms with E-state index in [9.17, 15) is 9.90 Å². The van der Waals surface area contributed by atoms with Crippen molar-refractivity contribution in [1.82, 2.24) is 5.32 Å². The van der Waals surface area contributed by atoms with Crippen LogP contribution in [0.5, 0.6) is 11.5 Å². The van der Waals surface area contributed by atoms with Gasteiger partial charge < -0.3 is 15.2 Å². The Kier molecular flexibility index (Phi) is 5.71. The Labute approximate surface area is 139 Å². The van der Waals surface area contributed by atoms with E-state index in [1.165, 1.54) is 19.3 Å². The molecule has 0 bridgehead atoms. The molecule has 0 fully saturated rings. The molecule has 0 heterocycles. The minimum absolute atomic E-state index is 0.00206. The predicted molar refractivity (Wildman–Crippen MR) is 94.5 cm³/mol. The maximum atomic E-state index is 11.8. The van der Waals surface area contributed by atoms with Crippen molar-refractivity contribution in [3.05, 3.63) is 60.2 Å². The molecular weight excluding hydrogens is 312 g/mol. The average molecular weight is 328 g/mol. The number of thiocarbonyl (C=S) groups is 1. The summed E-state index contributed by atoms with van der Waals surface area (Å²) in [6.45, 7) is 0. The lowest BCUT2D eigenvalue weighted by atomic mass is 10.2. The number of ether oxygens (including phenoxy) is 1. The third kappa shape index (κ3) is 5.12. The summed E-state index contributed by atoms with van der Waals surface area (Å²) in [6, 6.07) is 14.1.